The van der Waals surface area contributed by atoms with Crippen molar-refractivity contribution in [2.45, 2.75) is 13.5 Å². The van der Waals surface area contributed by atoms with Gasteiger partial charge in [0, 0.05) is 21.8 Å². The van der Waals surface area contributed by atoms with Gasteiger partial charge in [-0.3, -0.25) is 4.98 Å². The summed E-state index contributed by atoms with van der Waals surface area (Å²) in [7, 11) is 1.44. The molecular formula is C20H18BrF2N5O. The first-order valence-corrected chi connectivity index (χ1v) is 9.30. The molecule has 0 fully saturated rings. The van der Waals surface area contributed by atoms with E-state index in [1.165, 1.54) is 25.4 Å². The van der Waals surface area contributed by atoms with Gasteiger partial charge in [0.15, 0.2) is 5.88 Å². The van der Waals surface area contributed by atoms with Crippen LogP contribution < -0.4 is 5.32 Å². The number of hydrogen-bond acceptors (Lipinski definition) is 5. The number of nitrogens with one attached hydrogen (secondary N) is 2. The highest BCUT2D eigenvalue weighted by Crippen LogP contribution is 2.29. The maximum absolute atomic E-state index is 14.5. The maximum atomic E-state index is 14.5. The average molecular weight is 462 g/mol. The second-order valence-electron chi connectivity index (χ2n) is 6.22. The molecule has 0 unspecified atom stereocenters. The van der Waals surface area contributed by atoms with Crippen molar-refractivity contribution in [3.8, 4) is 11.4 Å². The molecule has 0 aliphatic heterocycles. The first-order valence-electron chi connectivity index (χ1n) is 8.51. The van der Waals surface area contributed by atoms with E-state index in [0.29, 0.717) is 32.9 Å². The predicted molar refractivity (Wildman–Crippen MR) is 111 cm³/mol. The van der Waals surface area contributed by atoms with Crippen molar-refractivity contribution >= 4 is 27.5 Å². The molecule has 3 aromatic rings. The number of hydrogen-bond donors (Lipinski definition) is 2. The highest BCUT2D eigenvalue weighted by atomic mass is 79.9. The van der Waals surface area contributed by atoms with Crippen LogP contribution in [0.25, 0.3) is 11.4 Å². The number of ether oxygens (including phenoxy) is 1. The molecule has 0 radical (unpaired) electrons. The van der Waals surface area contributed by atoms with Gasteiger partial charge in [0.25, 0.3) is 0 Å². The Hall–Kier alpha value is -3.07. The summed E-state index contributed by atoms with van der Waals surface area (Å²) in [4.78, 5) is 8.37. The van der Waals surface area contributed by atoms with E-state index in [2.05, 4.69) is 37.8 Å². The molecule has 2 N–H and O–H groups in total. The molecule has 0 aliphatic carbocycles. The molecule has 150 valence electrons. The van der Waals surface area contributed by atoms with E-state index in [4.69, 9.17) is 10.1 Å². The molecule has 1 aromatic carbocycles. The van der Waals surface area contributed by atoms with Crippen molar-refractivity contribution in [3.63, 3.8) is 0 Å². The van der Waals surface area contributed by atoms with Crippen molar-refractivity contribution in [2.75, 3.05) is 12.4 Å². The number of rotatable bonds is 7. The predicted octanol–water partition coefficient (Wildman–Crippen LogP) is 4.95. The van der Waals surface area contributed by atoms with E-state index in [1.54, 1.807) is 23.6 Å². The van der Waals surface area contributed by atoms with Crippen LogP contribution in [0.15, 0.2) is 53.6 Å². The molecule has 0 spiro atoms. The van der Waals surface area contributed by atoms with Crippen LogP contribution >= 0.6 is 15.9 Å². The molecule has 0 saturated heterocycles. The Bertz CT molecular complexity index is 1100. The highest BCUT2D eigenvalue weighted by molar-refractivity contribution is 9.10. The van der Waals surface area contributed by atoms with Crippen molar-refractivity contribution in [1.82, 2.24) is 14.5 Å². The normalized spacial score (nSPS) is 10.7. The zero-order valence-corrected chi connectivity index (χ0v) is 17.3. The van der Waals surface area contributed by atoms with E-state index >= 15 is 0 Å². The quantitative estimate of drug-likeness (QED) is 0.385. The second-order valence-corrected chi connectivity index (χ2v) is 7.14. The number of imidazole rings is 1. The van der Waals surface area contributed by atoms with Gasteiger partial charge < -0.3 is 20.0 Å². The fourth-order valence-electron chi connectivity index (χ4n) is 2.75. The topological polar surface area (TPSA) is 75.8 Å². The zero-order chi connectivity index (χ0) is 21.1. The van der Waals surface area contributed by atoms with Crippen molar-refractivity contribution < 1.29 is 13.5 Å². The summed E-state index contributed by atoms with van der Waals surface area (Å²) in [6, 6.07) is 6.00. The van der Waals surface area contributed by atoms with Crippen LogP contribution in [0.4, 0.5) is 14.6 Å². The lowest BCUT2D eigenvalue weighted by Crippen LogP contribution is -2.12. The van der Waals surface area contributed by atoms with Gasteiger partial charge in [0.05, 0.1) is 25.6 Å². The Balaban J connectivity index is 2.22. The van der Waals surface area contributed by atoms with Gasteiger partial charge >= 0.3 is 0 Å². The van der Waals surface area contributed by atoms with Crippen LogP contribution in [-0.4, -0.2) is 27.4 Å². The lowest BCUT2D eigenvalue weighted by atomic mass is 10.2. The van der Waals surface area contributed by atoms with Gasteiger partial charge in [-0.1, -0.05) is 22.0 Å². The molecule has 0 atom stereocenters. The molecule has 0 bridgehead atoms. The molecule has 29 heavy (non-hydrogen) atoms. The average Bonchev–Trinajstić information content (AvgIpc) is 3.02. The molecule has 3 rings (SSSR count). The largest absolute Gasteiger partial charge is 0.483 e. The molecular weight excluding hydrogens is 444 g/mol. The van der Waals surface area contributed by atoms with Crippen LogP contribution in [0.1, 0.15) is 18.2 Å². The number of methoxy groups -OCH3 is 1. The minimum Gasteiger partial charge on any atom is -0.483 e. The van der Waals surface area contributed by atoms with Crippen molar-refractivity contribution in [1.29, 1.82) is 5.41 Å². The fraction of sp³-hybridized carbons (Fsp3) is 0.150. The van der Waals surface area contributed by atoms with Crippen LogP contribution in [0.3, 0.4) is 0 Å². The van der Waals surface area contributed by atoms with Crippen LogP contribution in [0.5, 0.6) is 0 Å². The van der Waals surface area contributed by atoms with Gasteiger partial charge in [-0.2, -0.15) is 0 Å². The summed E-state index contributed by atoms with van der Waals surface area (Å²) in [6.07, 6.45) is 2.54. The van der Waals surface area contributed by atoms with Crippen LogP contribution in [0, 0.1) is 17.0 Å². The first kappa shape index (κ1) is 20.7. The number of aromatic nitrogens is 3. The van der Waals surface area contributed by atoms with Gasteiger partial charge in [0.2, 0.25) is 0 Å². The Labute approximate surface area is 174 Å². The second kappa shape index (κ2) is 8.52. The minimum absolute atomic E-state index is 0.0740. The third-order valence-electron chi connectivity index (χ3n) is 4.13. The van der Waals surface area contributed by atoms with Gasteiger partial charge in [-0.15, -0.1) is 0 Å². The Morgan fingerprint density at radius 1 is 1.31 bits per heavy atom. The van der Waals surface area contributed by atoms with E-state index in [9.17, 15) is 8.78 Å². The standard InChI is InChI=1S/C20H18BrF2N5O/c1-11(24)18-20(26-12(2)29-3)28(10-13-4-5-15(21)7-17(13)23)19(27-18)14-6-16(22)9-25-8-14/h4-9,24,26H,2,10H2,1,3H3. The number of anilines is 1. The third-order valence-corrected chi connectivity index (χ3v) is 4.63. The SMILES string of the molecule is C=C(Nc1c(C(C)=N)nc(-c2cncc(F)c2)n1Cc1ccc(Br)cc1F)OC. The van der Waals surface area contributed by atoms with Crippen molar-refractivity contribution in [3.05, 3.63) is 76.5 Å². The molecule has 0 aliphatic rings. The smallest absolute Gasteiger partial charge is 0.184 e. The van der Waals surface area contributed by atoms with E-state index in [1.807, 2.05) is 0 Å². The van der Waals surface area contributed by atoms with Gasteiger partial charge in [-0.05, 0) is 31.7 Å². The van der Waals surface area contributed by atoms with Crippen molar-refractivity contribution in [2.24, 2.45) is 0 Å². The summed E-state index contributed by atoms with van der Waals surface area (Å²) in [6.45, 7) is 5.39. The molecule has 2 heterocycles. The number of nitrogens with zero attached hydrogens (tertiary/aromatic N) is 3. The number of halogens is 3. The van der Waals surface area contributed by atoms with E-state index in [-0.39, 0.29) is 18.1 Å². The van der Waals surface area contributed by atoms with E-state index < -0.39 is 11.6 Å². The summed E-state index contributed by atoms with van der Waals surface area (Å²) in [5, 5.41) is 11.0. The monoisotopic (exact) mass is 461 g/mol. The summed E-state index contributed by atoms with van der Waals surface area (Å²) in [5.41, 5.74) is 1.24. The number of pyridine rings is 1. The lowest BCUT2D eigenvalue weighted by molar-refractivity contribution is 0.299. The molecule has 9 heteroatoms. The number of benzene rings is 1. The van der Waals surface area contributed by atoms with Gasteiger partial charge in [-0.25, -0.2) is 13.8 Å². The summed E-state index contributed by atoms with van der Waals surface area (Å²) >= 11 is 3.24. The summed E-state index contributed by atoms with van der Waals surface area (Å²) in [5.74, 6) is -0.0241. The molecule has 2 aromatic heterocycles. The molecule has 6 nitrogen and oxygen atoms in total. The Kier molecular flexibility index (Phi) is 6.07. The molecule has 0 amide bonds. The first-order chi connectivity index (χ1) is 13.8. The fourth-order valence-corrected chi connectivity index (χ4v) is 3.09. The zero-order valence-electron chi connectivity index (χ0n) is 15.8. The maximum Gasteiger partial charge on any atom is 0.184 e. The minimum atomic E-state index is -0.532. The van der Waals surface area contributed by atoms with Crippen LogP contribution in [0.2, 0.25) is 0 Å². The van der Waals surface area contributed by atoms with E-state index in [0.717, 1.165) is 6.20 Å². The Morgan fingerprint density at radius 2 is 2.07 bits per heavy atom. The Morgan fingerprint density at radius 3 is 2.69 bits per heavy atom. The molecule has 0 saturated carbocycles. The lowest BCUT2D eigenvalue weighted by Gasteiger charge is -2.15. The van der Waals surface area contributed by atoms with Crippen LogP contribution in [-0.2, 0) is 11.3 Å². The summed E-state index contributed by atoms with van der Waals surface area (Å²) < 4.78 is 35.7. The highest BCUT2D eigenvalue weighted by Gasteiger charge is 2.22. The van der Waals surface area contributed by atoms with Gasteiger partial charge in [0.1, 0.15) is 29.0 Å². The third kappa shape index (κ3) is 4.51.